The lowest BCUT2D eigenvalue weighted by molar-refractivity contribution is -0.135. The summed E-state index contributed by atoms with van der Waals surface area (Å²) in [7, 11) is 0. The van der Waals surface area contributed by atoms with Crippen LogP contribution in [-0.2, 0) is 24.0 Å². The van der Waals surface area contributed by atoms with E-state index in [4.69, 9.17) is 61.0 Å². The van der Waals surface area contributed by atoms with Crippen LogP contribution in [0.25, 0.3) is 0 Å². The summed E-state index contributed by atoms with van der Waals surface area (Å²) in [6.07, 6.45) is 0. The van der Waals surface area contributed by atoms with E-state index >= 15 is 0 Å². The lowest BCUT2D eigenvalue weighted by Crippen LogP contribution is -2.27. The minimum Gasteiger partial charge on any atom is -0.481 e. The molecule has 0 aliphatic heterocycles. The van der Waals surface area contributed by atoms with E-state index in [1.807, 2.05) is 36.4 Å². The van der Waals surface area contributed by atoms with Gasteiger partial charge in [-0.05, 0) is 0 Å². The highest BCUT2D eigenvalue weighted by Crippen LogP contribution is 1.79. The van der Waals surface area contributed by atoms with Gasteiger partial charge in [0.2, 0.25) is 0 Å². The van der Waals surface area contributed by atoms with Gasteiger partial charge in [0.15, 0.2) is 0 Å². The van der Waals surface area contributed by atoms with E-state index in [-0.39, 0.29) is 0 Å². The van der Waals surface area contributed by atoms with Gasteiger partial charge in [0, 0.05) is 60.8 Å². The van der Waals surface area contributed by atoms with Crippen molar-refractivity contribution in [1.29, 1.82) is 0 Å². The van der Waals surface area contributed by atoms with Crippen LogP contribution >= 0.6 is 0 Å². The molecule has 0 heterocycles. The van der Waals surface area contributed by atoms with Crippen molar-refractivity contribution in [2.75, 3.05) is 26.2 Å². The number of carboxylic acid groups (broad SMARTS) is 5. The molecule has 1 rings (SSSR count). The van der Waals surface area contributed by atoms with Crippen LogP contribution in [0.15, 0.2) is 36.4 Å². The molecule has 0 saturated heterocycles. The molecule has 1 aromatic carbocycles. The maximum Gasteiger partial charge on any atom is 0.300 e. The Morgan fingerprint density at radius 2 is 0.636 bits per heavy atom. The summed E-state index contributed by atoms with van der Waals surface area (Å²) in [6, 6.07) is 12.0. The number of hydrogen-bond donors (Lipinski definition) is 8. The Labute approximate surface area is 194 Å². The number of rotatable bonds is 4. The van der Waals surface area contributed by atoms with E-state index in [0.29, 0.717) is 13.1 Å². The van der Waals surface area contributed by atoms with Gasteiger partial charge in [-0.2, -0.15) is 0 Å². The molecule has 194 valence electrons. The van der Waals surface area contributed by atoms with Crippen molar-refractivity contribution in [2.24, 2.45) is 11.5 Å². The van der Waals surface area contributed by atoms with Gasteiger partial charge in [0.25, 0.3) is 29.8 Å². The summed E-state index contributed by atoms with van der Waals surface area (Å²) in [5, 5.41) is 40.1. The smallest absolute Gasteiger partial charge is 0.300 e. The molecular formula is C20H39N3O10. The third-order valence-electron chi connectivity index (χ3n) is 1.31. The average Bonchev–Trinajstić information content (AvgIpc) is 2.62. The van der Waals surface area contributed by atoms with E-state index in [1.54, 1.807) is 0 Å². The highest BCUT2D eigenvalue weighted by Gasteiger charge is 1.76. The summed E-state index contributed by atoms with van der Waals surface area (Å²) < 4.78 is 0. The topological polar surface area (TPSA) is 251 Å². The Balaban J connectivity index is -0.0000000655. The number of benzene rings is 1. The van der Waals surface area contributed by atoms with E-state index < -0.39 is 29.8 Å². The van der Waals surface area contributed by atoms with Crippen LogP contribution in [0, 0.1) is 0 Å². The molecule has 0 aliphatic carbocycles. The molecule has 1 aromatic rings. The normalized spacial score (nSPS) is 7.24. The van der Waals surface area contributed by atoms with E-state index in [2.05, 4.69) is 5.32 Å². The molecule has 0 aliphatic rings. The van der Waals surface area contributed by atoms with Crippen LogP contribution in [0.4, 0.5) is 0 Å². The Morgan fingerprint density at radius 3 is 0.727 bits per heavy atom. The molecule has 10 N–H and O–H groups in total. The number of carboxylic acids is 5. The maximum absolute atomic E-state index is 9.00. The number of aliphatic carboxylic acids is 5. The molecule has 13 nitrogen and oxygen atoms in total. The van der Waals surface area contributed by atoms with Gasteiger partial charge in [-0.3, -0.25) is 24.0 Å². The third kappa shape index (κ3) is 478. The van der Waals surface area contributed by atoms with Crippen LogP contribution in [-0.4, -0.2) is 81.6 Å². The SMILES string of the molecule is CC(=O)O.CC(=O)O.CC(=O)O.CC(=O)O.CC(=O)O.NCCNCCN.c1ccccc1. The minimum atomic E-state index is -0.833. The molecule has 0 atom stereocenters. The zero-order valence-corrected chi connectivity index (χ0v) is 19.7. The van der Waals surface area contributed by atoms with Crippen molar-refractivity contribution >= 4 is 29.8 Å². The number of nitrogens with two attached hydrogens (primary N) is 2. The summed E-state index contributed by atoms with van der Waals surface area (Å²) >= 11 is 0. The van der Waals surface area contributed by atoms with Gasteiger partial charge >= 0.3 is 0 Å². The molecule has 0 radical (unpaired) electrons. The maximum atomic E-state index is 9.00. The van der Waals surface area contributed by atoms with Crippen LogP contribution in [0.5, 0.6) is 0 Å². The first kappa shape index (κ1) is 43.3. The first-order valence-electron chi connectivity index (χ1n) is 9.16. The van der Waals surface area contributed by atoms with Gasteiger partial charge < -0.3 is 42.3 Å². The van der Waals surface area contributed by atoms with Crippen molar-refractivity contribution < 1.29 is 49.5 Å². The third-order valence-corrected chi connectivity index (χ3v) is 1.31. The molecular weight excluding hydrogens is 442 g/mol. The lowest BCUT2D eigenvalue weighted by Gasteiger charge is -1.95. The highest BCUT2D eigenvalue weighted by molar-refractivity contribution is 5.63. The molecule has 0 unspecified atom stereocenters. The minimum absolute atomic E-state index is 0.694. The van der Waals surface area contributed by atoms with Gasteiger partial charge in [0.1, 0.15) is 0 Å². The predicted molar refractivity (Wildman–Crippen MR) is 124 cm³/mol. The van der Waals surface area contributed by atoms with Crippen molar-refractivity contribution in [3.05, 3.63) is 36.4 Å². The van der Waals surface area contributed by atoms with Crippen molar-refractivity contribution in [2.45, 2.75) is 34.6 Å². The zero-order chi connectivity index (χ0) is 27.7. The van der Waals surface area contributed by atoms with Gasteiger partial charge in [-0.1, -0.05) is 36.4 Å². The molecule has 0 aromatic heterocycles. The fourth-order valence-electron chi connectivity index (χ4n) is 0.714. The van der Waals surface area contributed by atoms with E-state index in [1.165, 1.54) is 0 Å². The standard InChI is InChI=1S/C6H6.C4H13N3.5C2H4O2/c1-2-4-6-5-3-1;5-1-3-7-4-2-6;5*1-2(3)4/h1-6H;7H,1-6H2;5*1H3,(H,3,4). The number of hydrogen-bond acceptors (Lipinski definition) is 8. The van der Waals surface area contributed by atoms with Crippen LogP contribution < -0.4 is 16.8 Å². The summed E-state index contributed by atoms with van der Waals surface area (Å²) in [4.78, 5) is 45.0. The Bertz CT molecular complexity index is 450. The summed E-state index contributed by atoms with van der Waals surface area (Å²) in [6.45, 7) is 8.55. The molecule has 0 fully saturated rings. The van der Waals surface area contributed by atoms with E-state index in [9.17, 15) is 0 Å². The van der Waals surface area contributed by atoms with Crippen molar-refractivity contribution in [3.8, 4) is 0 Å². The van der Waals surface area contributed by atoms with Crippen molar-refractivity contribution in [1.82, 2.24) is 5.32 Å². The Kier molecular flexibility index (Phi) is 55.9. The Hall–Kier alpha value is -3.55. The largest absolute Gasteiger partial charge is 0.481 e. The lowest BCUT2D eigenvalue weighted by atomic mass is 10.4. The molecule has 0 bridgehead atoms. The first-order chi connectivity index (χ1) is 15.1. The van der Waals surface area contributed by atoms with Gasteiger partial charge in [-0.15, -0.1) is 0 Å². The molecule has 33 heavy (non-hydrogen) atoms. The number of carbonyl (C=O) groups is 5. The van der Waals surface area contributed by atoms with Gasteiger partial charge in [-0.25, -0.2) is 0 Å². The van der Waals surface area contributed by atoms with Crippen molar-refractivity contribution in [3.63, 3.8) is 0 Å². The second-order valence-electron chi connectivity index (χ2n) is 5.08. The van der Waals surface area contributed by atoms with Crippen LogP contribution in [0.3, 0.4) is 0 Å². The quantitative estimate of drug-likeness (QED) is 0.275. The first-order valence-corrected chi connectivity index (χ1v) is 9.16. The summed E-state index contributed by atoms with van der Waals surface area (Å²) in [5.74, 6) is -4.17. The number of nitrogens with one attached hydrogen (secondary N) is 1. The van der Waals surface area contributed by atoms with Crippen LogP contribution in [0.2, 0.25) is 0 Å². The highest BCUT2D eigenvalue weighted by atomic mass is 16.4. The Morgan fingerprint density at radius 1 is 0.515 bits per heavy atom. The van der Waals surface area contributed by atoms with E-state index in [0.717, 1.165) is 47.7 Å². The van der Waals surface area contributed by atoms with Crippen LogP contribution in [0.1, 0.15) is 34.6 Å². The molecule has 0 spiro atoms. The molecule has 0 saturated carbocycles. The second kappa shape index (κ2) is 42.5. The predicted octanol–water partition coefficient (Wildman–Crippen LogP) is 0.635. The monoisotopic (exact) mass is 481 g/mol. The molecule has 0 amide bonds. The molecule has 13 heteroatoms. The summed E-state index contributed by atoms with van der Waals surface area (Å²) in [5.41, 5.74) is 10.3. The fourth-order valence-corrected chi connectivity index (χ4v) is 0.714. The second-order valence-corrected chi connectivity index (χ2v) is 5.08. The fraction of sp³-hybridized carbons (Fsp3) is 0.450. The zero-order valence-electron chi connectivity index (χ0n) is 19.7. The van der Waals surface area contributed by atoms with Gasteiger partial charge in [0.05, 0.1) is 0 Å². The average molecular weight is 482 g/mol.